The third kappa shape index (κ3) is 4.16. The monoisotopic (exact) mass is 291 g/mol. The van der Waals surface area contributed by atoms with Gasteiger partial charge in [0.15, 0.2) is 0 Å². The molecule has 0 saturated carbocycles. The van der Waals surface area contributed by atoms with E-state index >= 15 is 0 Å². The van der Waals surface area contributed by atoms with Gasteiger partial charge in [-0.05, 0) is 47.8 Å². The van der Waals surface area contributed by atoms with Crippen LogP contribution < -0.4 is 11.1 Å². The SMILES string of the molecule is CCN(Cc1cccc(S(=O)[O-])c1)c1ccccc1.N. The number of rotatable bonds is 5. The van der Waals surface area contributed by atoms with Crippen LogP contribution in [0.25, 0.3) is 0 Å². The molecule has 5 heteroatoms. The Morgan fingerprint density at radius 2 is 1.80 bits per heavy atom. The largest absolute Gasteiger partial charge is 0.768 e. The van der Waals surface area contributed by atoms with E-state index < -0.39 is 11.1 Å². The van der Waals surface area contributed by atoms with E-state index in [1.54, 1.807) is 18.2 Å². The van der Waals surface area contributed by atoms with Crippen molar-refractivity contribution in [1.29, 1.82) is 0 Å². The van der Waals surface area contributed by atoms with Crippen LogP contribution in [0.15, 0.2) is 59.5 Å². The van der Waals surface area contributed by atoms with Crippen LogP contribution in [0.2, 0.25) is 0 Å². The molecular formula is C15H19N2O2S-. The molecule has 0 radical (unpaired) electrons. The molecule has 3 N–H and O–H groups in total. The van der Waals surface area contributed by atoms with Gasteiger partial charge in [0.1, 0.15) is 0 Å². The van der Waals surface area contributed by atoms with Crippen LogP contribution in [0.1, 0.15) is 12.5 Å². The minimum absolute atomic E-state index is 0. The van der Waals surface area contributed by atoms with E-state index in [1.165, 1.54) is 0 Å². The van der Waals surface area contributed by atoms with Crippen molar-refractivity contribution in [3.63, 3.8) is 0 Å². The Labute approximate surface area is 122 Å². The molecular weight excluding hydrogens is 272 g/mol. The molecule has 1 atom stereocenters. The number of nitrogens with zero attached hydrogens (tertiary/aromatic N) is 1. The molecule has 4 nitrogen and oxygen atoms in total. The highest BCUT2D eigenvalue weighted by Crippen LogP contribution is 2.17. The van der Waals surface area contributed by atoms with Crippen molar-refractivity contribution in [2.24, 2.45) is 0 Å². The third-order valence-corrected chi connectivity index (χ3v) is 3.61. The van der Waals surface area contributed by atoms with Gasteiger partial charge in [0.2, 0.25) is 0 Å². The fourth-order valence-corrected chi connectivity index (χ4v) is 2.43. The van der Waals surface area contributed by atoms with Crippen LogP contribution >= 0.6 is 0 Å². The normalized spacial score (nSPS) is 11.5. The maximum absolute atomic E-state index is 11.0. The lowest BCUT2D eigenvalue weighted by Gasteiger charge is -2.23. The van der Waals surface area contributed by atoms with Crippen LogP contribution in [0.5, 0.6) is 0 Å². The molecule has 2 rings (SSSR count). The summed E-state index contributed by atoms with van der Waals surface area (Å²) < 4.78 is 21.9. The van der Waals surface area contributed by atoms with Crippen LogP contribution in [0.4, 0.5) is 5.69 Å². The van der Waals surface area contributed by atoms with Gasteiger partial charge in [0.05, 0.1) is 0 Å². The van der Waals surface area contributed by atoms with Gasteiger partial charge in [-0.25, -0.2) is 0 Å². The Hall–Kier alpha value is -1.69. The molecule has 0 saturated heterocycles. The van der Waals surface area contributed by atoms with Crippen molar-refractivity contribution < 1.29 is 8.76 Å². The summed E-state index contributed by atoms with van der Waals surface area (Å²) in [6, 6.07) is 17.1. The van der Waals surface area contributed by atoms with Crippen LogP contribution in [-0.4, -0.2) is 15.3 Å². The summed E-state index contributed by atoms with van der Waals surface area (Å²) >= 11 is -2.17. The van der Waals surface area contributed by atoms with Gasteiger partial charge in [0.25, 0.3) is 0 Å². The van der Waals surface area contributed by atoms with Crippen LogP contribution in [0, 0.1) is 0 Å². The molecule has 0 bridgehead atoms. The summed E-state index contributed by atoms with van der Waals surface area (Å²) in [4.78, 5) is 2.54. The zero-order valence-electron chi connectivity index (χ0n) is 11.5. The van der Waals surface area contributed by atoms with E-state index in [9.17, 15) is 8.76 Å². The average molecular weight is 291 g/mol. The predicted molar refractivity (Wildman–Crippen MR) is 81.8 cm³/mol. The minimum Gasteiger partial charge on any atom is -0.768 e. The highest BCUT2D eigenvalue weighted by atomic mass is 32.2. The summed E-state index contributed by atoms with van der Waals surface area (Å²) in [5.41, 5.74) is 2.13. The van der Waals surface area contributed by atoms with Gasteiger partial charge in [-0.2, -0.15) is 0 Å². The second-order valence-electron chi connectivity index (χ2n) is 4.23. The van der Waals surface area contributed by atoms with Crippen molar-refractivity contribution in [1.82, 2.24) is 6.15 Å². The maximum atomic E-state index is 11.0. The lowest BCUT2D eigenvalue weighted by atomic mass is 10.2. The number of anilines is 1. The lowest BCUT2D eigenvalue weighted by molar-refractivity contribution is 0.537. The first-order chi connectivity index (χ1) is 9.20. The second kappa shape index (κ2) is 7.79. The second-order valence-corrected chi connectivity index (χ2v) is 5.17. The fraction of sp³-hybridized carbons (Fsp3) is 0.200. The molecule has 2 aromatic carbocycles. The highest BCUT2D eigenvalue weighted by molar-refractivity contribution is 7.79. The Kier molecular flexibility index (Phi) is 6.38. The molecule has 0 aliphatic rings. The van der Waals surface area contributed by atoms with E-state index in [2.05, 4.69) is 24.0 Å². The van der Waals surface area contributed by atoms with E-state index in [0.717, 1.165) is 17.8 Å². The molecule has 0 aliphatic carbocycles. The predicted octanol–water partition coefficient (Wildman–Crippen LogP) is 3.11. The first kappa shape index (κ1) is 16.4. The summed E-state index contributed by atoms with van der Waals surface area (Å²) in [5, 5.41) is 0. The van der Waals surface area contributed by atoms with Gasteiger partial charge in [-0.1, -0.05) is 30.3 Å². The maximum Gasteiger partial charge on any atom is 0.0429 e. The van der Waals surface area contributed by atoms with Gasteiger partial charge < -0.3 is 15.6 Å². The zero-order valence-corrected chi connectivity index (χ0v) is 12.3. The molecule has 0 heterocycles. The highest BCUT2D eigenvalue weighted by Gasteiger charge is 2.05. The minimum atomic E-state index is -2.17. The Bertz CT molecular complexity index is 561. The summed E-state index contributed by atoms with van der Waals surface area (Å²) in [7, 11) is 0. The third-order valence-electron chi connectivity index (χ3n) is 2.97. The molecule has 0 fully saturated rings. The molecule has 0 spiro atoms. The van der Waals surface area contributed by atoms with Crippen molar-refractivity contribution in [3.8, 4) is 0 Å². The molecule has 0 aliphatic heterocycles. The average Bonchev–Trinajstić information content (AvgIpc) is 2.46. The van der Waals surface area contributed by atoms with Crippen LogP contribution in [0.3, 0.4) is 0 Å². The van der Waals surface area contributed by atoms with E-state index in [4.69, 9.17) is 0 Å². The number of benzene rings is 2. The zero-order chi connectivity index (χ0) is 13.7. The van der Waals surface area contributed by atoms with Gasteiger partial charge in [-0.15, -0.1) is 0 Å². The summed E-state index contributed by atoms with van der Waals surface area (Å²) in [6.45, 7) is 3.66. The number of para-hydroxylation sites is 1. The standard InChI is InChI=1S/C15H17NO2S.H3N/c1-2-16(14-8-4-3-5-9-14)12-13-7-6-10-15(11-13)19(17)18;/h3-11H,2,12H2,1H3,(H,17,18);1H3/p-1. The van der Waals surface area contributed by atoms with Crippen molar-refractivity contribution in [2.45, 2.75) is 18.4 Å². The van der Waals surface area contributed by atoms with Crippen LogP contribution in [-0.2, 0) is 17.6 Å². The number of hydrogen-bond donors (Lipinski definition) is 1. The van der Waals surface area contributed by atoms with Gasteiger partial charge in [-0.3, -0.25) is 4.21 Å². The van der Waals surface area contributed by atoms with E-state index in [0.29, 0.717) is 11.4 Å². The Morgan fingerprint density at radius 3 is 2.40 bits per heavy atom. The Morgan fingerprint density at radius 1 is 1.10 bits per heavy atom. The molecule has 20 heavy (non-hydrogen) atoms. The van der Waals surface area contributed by atoms with Crippen molar-refractivity contribution >= 4 is 16.8 Å². The molecule has 108 valence electrons. The molecule has 1 unspecified atom stereocenters. The first-order valence-corrected chi connectivity index (χ1v) is 7.26. The van der Waals surface area contributed by atoms with Gasteiger partial charge >= 0.3 is 0 Å². The van der Waals surface area contributed by atoms with E-state index in [-0.39, 0.29) is 6.15 Å². The smallest absolute Gasteiger partial charge is 0.0429 e. The lowest BCUT2D eigenvalue weighted by Crippen LogP contribution is -2.21. The fourth-order valence-electron chi connectivity index (χ4n) is 1.99. The quantitative estimate of drug-likeness (QED) is 0.858. The molecule has 0 aromatic heterocycles. The molecule has 2 aromatic rings. The number of hydrogen-bond acceptors (Lipinski definition) is 4. The van der Waals surface area contributed by atoms with Crippen molar-refractivity contribution in [2.75, 3.05) is 11.4 Å². The Balaban J connectivity index is 0.00000200. The summed E-state index contributed by atoms with van der Waals surface area (Å²) in [5.74, 6) is 0. The van der Waals surface area contributed by atoms with Gasteiger partial charge in [0, 0.05) is 23.7 Å². The van der Waals surface area contributed by atoms with E-state index in [1.807, 2.05) is 24.3 Å². The topological polar surface area (TPSA) is 78.4 Å². The molecule has 0 amide bonds. The van der Waals surface area contributed by atoms with Crippen molar-refractivity contribution in [3.05, 3.63) is 60.2 Å². The first-order valence-electron chi connectivity index (χ1n) is 6.19. The summed E-state index contributed by atoms with van der Waals surface area (Å²) in [6.07, 6.45) is 0.